The van der Waals surface area contributed by atoms with E-state index >= 15 is 0 Å². The van der Waals surface area contributed by atoms with Gasteiger partial charge in [-0.2, -0.15) is 0 Å². The minimum atomic E-state index is -0.993. The number of unbranched alkanes of at least 4 members (excludes halogenated alkanes) is 8. The van der Waals surface area contributed by atoms with Gasteiger partial charge < -0.3 is 33.5 Å². The highest BCUT2D eigenvalue weighted by atomic mass is 16.7. The number of carbonyl (C=O) groups excluding carboxylic acids is 3. The fourth-order valence-corrected chi connectivity index (χ4v) is 4.68. The van der Waals surface area contributed by atoms with E-state index in [1.54, 1.807) is 0 Å². The van der Waals surface area contributed by atoms with E-state index in [0.717, 1.165) is 63.4 Å². The standard InChI is InChI=1S/C30H46O10/c1-22(32)38-27-25(20-31)40-30(29(39-23(2)33)28(27)37-21-24-16-12-11-13-17-24)36-19-15-10-8-6-4-5-7-9-14-18-26(34)35-3/h11-13,16-17,25,27-31H,4-10,14-15,18-21H2,1-3H3/t25-,27-,28+,29-,30-/m1/s1. The van der Waals surface area contributed by atoms with E-state index in [-0.39, 0.29) is 12.6 Å². The van der Waals surface area contributed by atoms with Gasteiger partial charge in [0.05, 0.1) is 20.3 Å². The first-order chi connectivity index (χ1) is 19.3. The van der Waals surface area contributed by atoms with Gasteiger partial charge >= 0.3 is 17.9 Å². The highest BCUT2D eigenvalue weighted by molar-refractivity contribution is 5.69. The van der Waals surface area contributed by atoms with Crippen molar-refractivity contribution < 1.29 is 47.9 Å². The summed E-state index contributed by atoms with van der Waals surface area (Å²) in [6, 6.07) is 9.44. The van der Waals surface area contributed by atoms with Crippen molar-refractivity contribution in [3.8, 4) is 0 Å². The van der Waals surface area contributed by atoms with Crippen LogP contribution < -0.4 is 0 Å². The Morgan fingerprint density at radius 1 is 0.775 bits per heavy atom. The van der Waals surface area contributed by atoms with Crippen LogP contribution in [0.1, 0.15) is 83.6 Å². The summed E-state index contributed by atoms with van der Waals surface area (Å²) in [4.78, 5) is 35.0. The lowest BCUT2D eigenvalue weighted by Crippen LogP contribution is -2.62. The molecule has 2 rings (SSSR count). The quantitative estimate of drug-likeness (QED) is 0.148. The van der Waals surface area contributed by atoms with Crippen LogP contribution in [-0.2, 0) is 49.4 Å². The number of hydrogen-bond acceptors (Lipinski definition) is 10. The van der Waals surface area contributed by atoms with Crippen molar-refractivity contribution in [2.24, 2.45) is 0 Å². The molecular weight excluding hydrogens is 520 g/mol. The maximum atomic E-state index is 12.0. The predicted molar refractivity (Wildman–Crippen MR) is 146 cm³/mol. The molecule has 0 bridgehead atoms. The summed E-state index contributed by atoms with van der Waals surface area (Å²) in [5, 5.41) is 10.0. The fraction of sp³-hybridized carbons (Fsp3) is 0.700. The van der Waals surface area contributed by atoms with Crippen LogP contribution in [0.25, 0.3) is 0 Å². The molecule has 10 heteroatoms. The van der Waals surface area contributed by atoms with E-state index in [9.17, 15) is 19.5 Å². The molecule has 0 spiro atoms. The normalized spacial score (nSPS) is 22.4. The first-order valence-corrected chi connectivity index (χ1v) is 14.3. The molecule has 1 aliphatic heterocycles. The van der Waals surface area contributed by atoms with Gasteiger partial charge in [-0.05, 0) is 18.4 Å². The predicted octanol–water partition coefficient (Wildman–Crippen LogP) is 4.24. The Labute approximate surface area is 237 Å². The van der Waals surface area contributed by atoms with E-state index in [1.807, 2.05) is 30.3 Å². The summed E-state index contributed by atoms with van der Waals surface area (Å²) in [5.41, 5.74) is 0.886. The van der Waals surface area contributed by atoms with Crippen LogP contribution in [0.3, 0.4) is 0 Å². The molecule has 1 aliphatic rings. The molecule has 226 valence electrons. The van der Waals surface area contributed by atoms with Crippen molar-refractivity contribution in [3.05, 3.63) is 35.9 Å². The van der Waals surface area contributed by atoms with E-state index in [4.69, 9.17) is 23.7 Å². The van der Waals surface area contributed by atoms with Gasteiger partial charge in [-0.1, -0.05) is 75.3 Å². The number of esters is 3. The zero-order chi connectivity index (χ0) is 29.2. The Bertz CT molecular complexity index is 861. The maximum absolute atomic E-state index is 12.0. The number of benzene rings is 1. The Morgan fingerprint density at radius 3 is 1.93 bits per heavy atom. The van der Waals surface area contributed by atoms with Gasteiger partial charge in [0.15, 0.2) is 18.5 Å². The number of rotatable bonds is 19. The van der Waals surface area contributed by atoms with Crippen LogP contribution in [0.2, 0.25) is 0 Å². The second-order valence-electron chi connectivity index (χ2n) is 10.0. The molecule has 0 aromatic heterocycles. The molecule has 40 heavy (non-hydrogen) atoms. The molecule has 0 unspecified atom stereocenters. The third kappa shape index (κ3) is 12.8. The zero-order valence-corrected chi connectivity index (χ0v) is 24.1. The summed E-state index contributed by atoms with van der Waals surface area (Å²) >= 11 is 0. The Hall–Kier alpha value is -2.53. The lowest BCUT2D eigenvalue weighted by atomic mass is 9.98. The SMILES string of the molecule is COC(=O)CCCCCCCCCCCO[C@@H]1O[C@H](CO)[C@@H](OC(C)=O)[C@H](OCc2ccccc2)[C@H]1OC(C)=O. The smallest absolute Gasteiger partial charge is 0.305 e. The molecule has 0 saturated carbocycles. The number of methoxy groups -OCH3 is 1. The van der Waals surface area contributed by atoms with Gasteiger partial charge in [0, 0.05) is 26.9 Å². The van der Waals surface area contributed by atoms with Gasteiger partial charge in [0.2, 0.25) is 0 Å². The van der Waals surface area contributed by atoms with Gasteiger partial charge in [-0.15, -0.1) is 0 Å². The third-order valence-corrected chi connectivity index (χ3v) is 6.70. The number of aliphatic hydroxyl groups excluding tert-OH is 1. The molecule has 1 fully saturated rings. The zero-order valence-electron chi connectivity index (χ0n) is 24.1. The molecule has 0 aliphatic carbocycles. The highest BCUT2D eigenvalue weighted by Crippen LogP contribution is 2.30. The number of hydrogen-bond donors (Lipinski definition) is 1. The lowest BCUT2D eigenvalue weighted by Gasteiger charge is -2.44. The third-order valence-electron chi connectivity index (χ3n) is 6.70. The van der Waals surface area contributed by atoms with Gasteiger partial charge in [-0.3, -0.25) is 14.4 Å². The summed E-state index contributed by atoms with van der Waals surface area (Å²) in [7, 11) is 1.42. The monoisotopic (exact) mass is 566 g/mol. The maximum Gasteiger partial charge on any atom is 0.305 e. The van der Waals surface area contributed by atoms with Crippen molar-refractivity contribution in [1.82, 2.24) is 0 Å². The van der Waals surface area contributed by atoms with Crippen molar-refractivity contribution in [1.29, 1.82) is 0 Å². The van der Waals surface area contributed by atoms with E-state index in [2.05, 4.69) is 4.74 Å². The minimum absolute atomic E-state index is 0.147. The highest BCUT2D eigenvalue weighted by Gasteiger charge is 2.51. The summed E-state index contributed by atoms with van der Waals surface area (Å²) in [6.07, 6.45) is 4.99. The Kier molecular flexibility index (Phi) is 16.4. The first-order valence-electron chi connectivity index (χ1n) is 14.3. The number of ether oxygens (including phenoxy) is 6. The average molecular weight is 567 g/mol. The molecular formula is C30H46O10. The largest absolute Gasteiger partial charge is 0.469 e. The van der Waals surface area contributed by atoms with Crippen LogP contribution in [-0.4, -0.2) is 74.0 Å². The Balaban J connectivity index is 1.85. The van der Waals surface area contributed by atoms with Gasteiger partial charge in [0.25, 0.3) is 0 Å². The molecule has 0 amide bonds. The molecule has 1 aromatic rings. The Morgan fingerprint density at radius 2 is 1.35 bits per heavy atom. The van der Waals surface area contributed by atoms with Gasteiger partial charge in [-0.25, -0.2) is 0 Å². The number of aliphatic hydroxyl groups is 1. The van der Waals surface area contributed by atoms with Crippen LogP contribution in [0.15, 0.2) is 30.3 Å². The van der Waals surface area contributed by atoms with Crippen molar-refractivity contribution in [3.63, 3.8) is 0 Å². The molecule has 1 N–H and O–H groups in total. The van der Waals surface area contributed by atoms with E-state index in [0.29, 0.717) is 13.0 Å². The lowest BCUT2D eigenvalue weighted by molar-refractivity contribution is -0.313. The molecule has 5 atom stereocenters. The van der Waals surface area contributed by atoms with Crippen molar-refractivity contribution in [2.45, 2.75) is 115 Å². The van der Waals surface area contributed by atoms with Gasteiger partial charge in [0.1, 0.15) is 12.2 Å². The minimum Gasteiger partial charge on any atom is -0.469 e. The van der Waals surface area contributed by atoms with Crippen LogP contribution in [0.5, 0.6) is 0 Å². The second-order valence-corrected chi connectivity index (χ2v) is 10.0. The second kappa shape index (κ2) is 19.5. The van der Waals surface area contributed by atoms with E-state index in [1.165, 1.54) is 21.0 Å². The van der Waals surface area contributed by atoms with Crippen LogP contribution in [0, 0.1) is 0 Å². The molecule has 10 nitrogen and oxygen atoms in total. The molecule has 1 heterocycles. The topological polar surface area (TPSA) is 127 Å². The average Bonchev–Trinajstić information content (AvgIpc) is 2.93. The molecule has 1 aromatic carbocycles. The first kappa shape index (κ1) is 33.7. The van der Waals surface area contributed by atoms with E-state index < -0.39 is 49.3 Å². The van der Waals surface area contributed by atoms with Crippen LogP contribution >= 0.6 is 0 Å². The summed E-state index contributed by atoms with van der Waals surface area (Å²) in [5.74, 6) is -1.27. The van der Waals surface area contributed by atoms with Crippen molar-refractivity contribution >= 4 is 17.9 Å². The van der Waals surface area contributed by atoms with Crippen LogP contribution in [0.4, 0.5) is 0 Å². The summed E-state index contributed by atoms with van der Waals surface area (Å²) in [6.45, 7) is 2.66. The number of carbonyl (C=O) groups is 3. The fourth-order valence-electron chi connectivity index (χ4n) is 4.68. The summed E-state index contributed by atoms with van der Waals surface area (Å²) < 4.78 is 33.7. The van der Waals surface area contributed by atoms with Crippen molar-refractivity contribution in [2.75, 3.05) is 20.3 Å². The molecule has 1 saturated heterocycles. The molecule has 0 radical (unpaired) electrons.